The highest BCUT2D eigenvalue weighted by atomic mass is 16.3. The Kier molecular flexibility index (Phi) is 1.06. The van der Waals surface area contributed by atoms with Crippen molar-refractivity contribution in [1.82, 2.24) is 4.90 Å². The molecule has 62 valence electrons. The van der Waals surface area contributed by atoms with E-state index in [2.05, 4.69) is 4.90 Å². The minimum absolute atomic E-state index is 0.00287. The average Bonchev–Trinajstić information content (AvgIpc) is 2.79. The first kappa shape index (κ1) is 6.44. The predicted molar refractivity (Wildman–Crippen MR) is 42.3 cm³/mol. The molecule has 1 atom stereocenters. The summed E-state index contributed by atoms with van der Waals surface area (Å²) in [6.07, 6.45) is 5.31. The molecule has 1 aliphatic heterocycles. The molecule has 2 heteroatoms. The molecule has 0 aromatic rings. The Labute approximate surface area is 67.2 Å². The van der Waals surface area contributed by atoms with E-state index in [1.54, 1.807) is 0 Å². The third kappa shape index (κ3) is 0.859. The van der Waals surface area contributed by atoms with Gasteiger partial charge < -0.3 is 5.11 Å². The van der Waals surface area contributed by atoms with Gasteiger partial charge in [-0.05, 0) is 25.7 Å². The summed E-state index contributed by atoms with van der Waals surface area (Å²) >= 11 is 0. The van der Waals surface area contributed by atoms with E-state index in [-0.39, 0.29) is 6.10 Å². The largest absolute Gasteiger partial charge is 0.391 e. The molecule has 0 amide bonds. The first-order valence-corrected chi connectivity index (χ1v) is 4.72. The molecule has 1 N–H and O–H groups in total. The summed E-state index contributed by atoms with van der Waals surface area (Å²) in [6, 6.07) is 0.852. The topological polar surface area (TPSA) is 23.5 Å². The van der Waals surface area contributed by atoms with E-state index >= 15 is 0 Å². The molecular weight excluding hydrogens is 138 g/mol. The summed E-state index contributed by atoms with van der Waals surface area (Å²) in [5.41, 5.74) is 0.378. The zero-order valence-electron chi connectivity index (χ0n) is 6.79. The maximum Gasteiger partial charge on any atom is 0.0735 e. The highest BCUT2D eigenvalue weighted by Crippen LogP contribution is 2.54. The zero-order valence-corrected chi connectivity index (χ0v) is 6.79. The van der Waals surface area contributed by atoms with E-state index in [9.17, 15) is 5.11 Å². The van der Waals surface area contributed by atoms with Crippen LogP contribution in [0.15, 0.2) is 0 Å². The predicted octanol–water partition coefficient (Wildman–Crippen LogP) is 0.606. The van der Waals surface area contributed by atoms with Crippen LogP contribution >= 0.6 is 0 Å². The van der Waals surface area contributed by atoms with Gasteiger partial charge in [0.1, 0.15) is 0 Å². The van der Waals surface area contributed by atoms with Gasteiger partial charge in [-0.3, -0.25) is 4.90 Å². The van der Waals surface area contributed by atoms with Crippen molar-refractivity contribution in [1.29, 1.82) is 0 Å². The lowest BCUT2D eigenvalue weighted by Crippen LogP contribution is -2.23. The van der Waals surface area contributed by atoms with Crippen LogP contribution in [0.2, 0.25) is 0 Å². The Balaban J connectivity index is 1.74. The minimum Gasteiger partial charge on any atom is -0.391 e. The second kappa shape index (κ2) is 1.80. The van der Waals surface area contributed by atoms with E-state index in [0.29, 0.717) is 5.41 Å². The monoisotopic (exact) mass is 153 g/mol. The molecule has 2 aliphatic carbocycles. The van der Waals surface area contributed by atoms with Gasteiger partial charge in [-0.2, -0.15) is 0 Å². The Morgan fingerprint density at radius 3 is 2.45 bits per heavy atom. The number of β-amino-alcohol motifs (C(OH)–C–C–N with tert-alkyl or cyclic N) is 1. The summed E-state index contributed by atoms with van der Waals surface area (Å²) in [5.74, 6) is 0. The maximum atomic E-state index is 9.72. The van der Waals surface area contributed by atoms with Crippen LogP contribution in [-0.2, 0) is 0 Å². The SMILES string of the molecule is OC1CN(C2CC2)CC12CC2. The van der Waals surface area contributed by atoms with Gasteiger partial charge in [0.2, 0.25) is 0 Å². The van der Waals surface area contributed by atoms with E-state index < -0.39 is 0 Å². The van der Waals surface area contributed by atoms with Gasteiger partial charge in [0.05, 0.1) is 6.10 Å². The number of likely N-dealkylation sites (tertiary alicyclic amines) is 1. The number of hydrogen-bond donors (Lipinski definition) is 1. The molecule has 1 heterocycles. The maximum absolute atomic E-state index is 9.72. The molecule has 3 fully saturated rings. The van der Waals surface area contributed by atoms with E-state index in [4.69, 9.17) is 0 Å². The minimum atomic E-state index is 0.00287. The van der Waals surface area contributed by atoms with Crippen molar-refractivity contribution in [2.45, 2.75) is 37.8 Å². The summed E-state index contributed by atoms with van der Waals surface area (Å²) < 4.78 is 0. The first-order valence-electron chi connectivity index (χ1n) is 4.72. The highest BCUT2D eigenvalue weighted by Gasteiger charge is 2.56. The van der Waals surface area contributed by atoms with Crippen LogP contribution in [-0.4, -0.2) is 35.2 Å². The molecule has 0 radical (unpaired) electrons. The fourth-order valence-electron chi connectivity index (χ4n) is 2.36. The van der Waals surface area contributed by atoms with Crippen molar-refractivity contribution < 1.29 is 5.11 Å². The van der Waals surface area contributed by atoms with E-state index in [0.717, 1.165) is 12.6 Å². The van der Waals surface area contributed by atoms with Gasteiger partial charge in [0, 0.05) is 24.5 Å². The summed E-state index contributed by atoms with van der Waals surface area (Å²) in [5, 5.41) is 9.72. The van der Waals surface area contributed by atoms with Crippen molar-refractivity contribution in [2.75, 3.05) is 13.1 Å². The lowest BCUT2D eigenvalue weighted by atomic mass is 10.0. The van der Waals surface area contributed by atoms with Crippen LogP contribution in [0.1, 0.15) is 25.7 Å². The molecule has 3 rings (SSSR count). The number of hydrogen-bond acceptors (Lipinski definition) is 2. The lowest BCUT2D eigenvalue weighted by molar-refractivity contribution is 0.131. The second-order valence-corrected chi connectivity index (χ2v) is 4.54. The molecule has 1 unspecified atom stereocenters. The van der Waals surface area contributed by atoms with Gasteiger partial charge in [0.25, 0.3) is 0 Å². The van der Waals surface area contributed by atoms with Gasteiger partial charge in [0.15, 0.2) is 0 Å². The Bertz CT molecular complexity index is 184. The van der Waals surface area contributed by atoms with Crippen LogP contribution in [0.5, 0.6) is 0 Å². The first-order chi connectivity index (χ1) is 5.30. The quantitative estimate of drug-likeness (QED) is 0.596. The Hall–Kier alpha value is -0.0800. The molecule has 2 nitrogen and oxygen atoms in total. The second-order valence-electron chi connectivity index (χ2n) is 4.54. The van der Waals surface area contributed by atoms with Gasteiger partial charge in [-0.25, -0.2) is 0 Å². The zero-order chi connectivity index (χ0) is 7.47. The van der Waals surface area contributed by atoms with Crippen LogP contribution in [0, 0.1) is 5.41 Å². The van der Waals surface area contributed by atoms with Gasteiger partial charge >= 0.3 is 0 Å². The van der Waals surface area contributed by atoms with Crippen LogP contribution in [0.25, 0.3) is 0 Å². The molecule has 3 aliphatic rings. The van der Waals surface area contributed by atoms with Crippen LogP contribution < -0.4 is 0 Å². The summed E-state index contributed by atoms with van der Waals surface area (Å²) in [4.78, 5) is 2.50. The molecule has 0 bridgehead atoms. The number of nitrogens with zero attached hydrogens (tertiary/aromatic N) is 1. The fourth-order valence-corrected chi connectivity index (χ4v) is 2.36. The summed E-state index contributed by atoms with van der Waals surface area (Å²) in [6.45, 7) is 2.16. The van der Waals surface area contributed by atoms with Crippen molar-refractivity contribution in [2.24, 2.45) is 5.41 Å². The van der Waals surface area contributed by atoms with Crippen molar-refractivity contribution in [3.05, 3.63) is 0 Å². The van der Waals surface area contributed by atoms with Crippen LogP contribution in [0.4, 0.5) is 0 Å². The molecular formula is C9H15NO. The van der Waals surface area contributed by atoms with Gasteiger partial charge in [-0.1, -0.05) is 0 Å². The van der Waals surface area contributed by atoms with Crippen LogP contribution in [0.3, 0.4) is 0 Å². The van der Waals surface area contributed by atoms with Crippen molar-refractivity contribution >= 4 is 0 Å². The normalized spacial score (nSPS) is 41.7. The summed E-state index contributed by atoms with van der Waals surface area (Å²) in [7, 11) is 0. The highest BCUT2D eigenvalue weighted by molar-refractivity contribution is 5.08. The lowest BCUT2D eigenvalue weighted by Gasteiger charge is -2.12. The average molecular weight is 153 g/mol. The van der Waals surface area contributed by atoms with Crippen molar-refractivity contribution in [3.63, 3.8) is 0 Å². The smallest absolute Gasteiger partial charge is 0.0735 e. The van der Waals surface area contributed by atoms with Gasteiger partial charge in [-0.15, -0.1) is 0 Å². The fraction of sp³-hybridized carbons (Fsp3) is 1.00. The van der Waals surface area contributed by atoms with E-state index in [1.807, 2.05) is 0 Å². The Morgan fingerprint density at radius 2 is 2.00 bits per heavy atom. The molecule has 11 heavy (non-hydrogen) atoms. The molecule has 0 aromatic carbocycles. The standard InChI is InChI=1S/C9H15NO/c11-8-5-10(7-1-2-7)6-9(8)3-4-9/h7-8,11H,1-6H2. The Morgan fingerprint density at radius 1 is 1.27 bits per heavy atom. The molecule has 1 saturated heterocycles. The van der Waals surface area contributed by atoms with E-state index in [1.165, 1.54) is 32.2 Å². The third-order valence-electron chi connectivity index (χ3n) is 3.59. The number of rotatable bonds is 1. The molecule has 2 saturated carbocycles. The number of aliphatic hydroxyl groups is 1. The number of aliphatic hydroxyl groups excluding tert-OH is 1. The molecule has 0 aromatic heterocycles. The van der Waals surface area contributed by atoms with Crippen molar-refractivity contribution in [3.8, 4) is 0 Å². The molecule has 1 spiro atoms. The third-order valence-corrected chi connectivity index (χ3v) is 3.59.